The van der Waals surface area contributed by atoms with Gasteiger partial charge in [-0.3, -0.25) is 9.59 Å². The highest BCUT2D eigenvalue weighted by atomic mass is 16.8. The van der Waals surface area contributed by atoms with Crippen molar-refractivity contribution in [2.45, 2.75) is 417 Å². The lowest BCUT2D eigenvalue weighted by Crippen LogP contribution is -2.70. The standard InChI is InChI=1S/C78H144N2O33/c1-5-7-9-11-13-14-15-16-17-18-19-23-27-33-39-101-48(35-29-24-21-20-22-26-32-38-100-37-31-25-12-10-8-6-2)72(99)79-36-30-28-34-40-102-74-64(96)61(93)67(52(44-84)107-74)109-76-65(97)62(94)68(53(45-85)108-76)110-77-66(98)70(58(90)51(43-83)105-77)112-73-54(80-47(4)86)69(57(89)50(42-82)104-73)111-78-71(60(92)56(88)49(41-81)106-78)113-75-63(95)59(91)55(87)46(3)103-75/h46,48-71,73-78,81-85,87-98H,5-45H2,1-4H3,(H,79,99)(H,80,86)/t46?,48?,49?,50?,51?,52?,53?,54?,55-,56+,57+,58+,59+,60+,61-,62-,63?,64?,65?,66?,67-,68+,69-,70+,71?,73+,74+,75+,76+,77-,78+/m1/s1. The number of hydrogen-bond acceptors (Lipinski definition) is 33. The van der Waals surface area contributed by atoms with Crippen LogP contribution >= 0.6 is 0 Å². The molecule has 6 aliphatic rings. The van der Waals surface area contributed by atoms with Crippen molar-refractivity contribution in [3.8, 4) is 0 Å². The fraction of sp³-hybridized carbons (Fsp3) is 0.974. The van der Waals surface area contributed by atoms with Crippen molar-refractivity contribution in [3.05, 3.63) is 0 Å². The molecule has 0 spiro atoms. The van der Waals surface area contributed by atoms with E-state index in [4.69, 9.17) is 66.3 Å². The highest BCUT2D eigenvalue weighted by Crippen LogP contribution is 2.38. The lowest BCUT2D eigenvalue weighted by Gasteiger charge is -2.51. The molecule has 13 unspecified atom stereocenters. The SMILES string of the molecule is CCCCCCCCCCCCCCCCOC(CCCCCCCCCOCCCCCCCC)C(=O)NCCCCCO[C@H]1OC(CO)[C@@H](O[C@@H]2OC(CO)[C@H](O[C@H]3OC(CO)[C@H](O)[C@H](O[C@@H]4OC(CO)[C@H](O)[C@H](O[C@@H]5OC(CO)[C@H](O)[C@H](O)C5O[C@@H]5OC(C)[C@@H](O)[C@H](O)C5O)C4NC(C)=O)C3O)[C@H](O)C2O)[C@H](O)C1O. The maximum atomic E-state index is 13.6. The molecule has 6 fully saturated rings. The Morgan fingerprint density at radius 3 is 1.23 bits per heavy atom. The van der Waals surface area contributed by atoms with Crippen LogP contribution in [0, 0.1) is 0 Å². The minimum Gasteiger partial charge on any atom is -0.394 e. The van der Waals surface area contributed by atoms with Gasteiger partial charge in [0.05, 0.1) is 39.1 Å². The van der Waals surface area contributed by atoms with Crippen LogP contribution in [0.15, 0.2) is 0 Å². The summed E-state index contributed by atoms with van der Waals surface area (Å²) in [5.74, 6) is -1.00. The molecule has 0 aromatic carbocycles. The van der Waals surface area contributed by atoms with Gasteiger partial charge in [0.1, 0.15) is 146 Å². The Kier molecular flexibility index (Phi) is 48.3. The molecule has 35 nitrogen and oxygen atoms in total. The van der Waals surface area contributed by atoms with Gasteiger partial charge in [-0.05, 0) is 51.9 Å². The van der Waals surface area contributed by atoms with E-state index in [0.29, 0.717) is 38.8 Å². The second-order valence-electron chi connectivity index (χ2n) is 31.3. The van der Waals surface area contributed by atoms with Crippen molar-refractivity contribution in [2.75, 3.05) is 66.0 Å². The number of ether oxygens (including phenoxy) is 14. The maximum Gasteiger partial charge on any atom is 0.249 e. The summed E-state index contributed by atoms with van der Waals surface area (Å²) in [6.07, 6.45) is -19.7. The van der Waals surface area contributed by atoms with Crippen LogP contribution in [-0.4, -0.2) is 355 Å². The van der Waals surface area contributed by atoms with E-state index in [2.05, 4.69) is 24.5 Å². The average Bonchev–Trinajstić information content (AvgIpc) is 0.737. The molecule has 31 atom stereocenters. The molecule has 6 saturated heterocycles. The van der Waals surface area contributed by atoms with E-state index in [0.717, 1.165) is 90.8 Å². The molecule has 0 radical (unpaired) electrons. The van der Waals surface area contributed by atoms with Gasteiger partial charge in [-0.15, -0.1) is 0 Å². The number of nitrogens with one attached hydrogen (secondary N) is 2. The van der Waals surface area contributed by atoms with Gasteiger partial charge in [-0.2, -0.15) is 0 Å². The fourth-order valence-electron chi connectivity index (χ4n) is 15.2. The molecule has 35 heteroatoms. The first-order valence-corrected chi connectivity index (χ1v) is 42.3. The first-order chi connectivity index (χ1) is 54.5. The highest BCUT2D eigenvalue weighted by Gasteiger charge is 2.58. The van der Waals surface area contributed by atoms with E-state index in [1.54, 1.807) is 0 Å². The Morgan fingerprint density at radius 2 is 0.708 bits per heavy atom. The second kappa shape index (κ2) is 54.9. The van der Waals surface area contributed by atoms with Crippen LogP contribution in [0.25, 0.3) is 0 Å². The van der Waals surface area contributed by atoms with Gasteiger partial charge >= 0.3 is 0 Å². The molecule has 2 amide bonds. The summed E-state index contributed by atoms with van der Waals surface area (Å²) in [5, 5.41) is 193. The maximum absolute atomic E-state index is 13.6. The summed E-state index contributed by atoms with van der Waals surface area (Å²) < 4.78 is 82.5. The van der Waals surface area contributed by atoms with Crippen molar-refractivity contribution >= 4 is 11.8 Å². The number of rotatable bonds is 57. The largest absolute Gasteiger partial charge is 0.394 e. The number of carbonyl (C=O) groups excluding carboxylic acids is 2. The number of aliphatic hydroxyl groups excluding tert-OH is 17. The molecule has 664 valence electrons. The van der Waals surface area contributed by atoms with Gasteiger partial charge in [0.2, 0.25) is 11.8 Å². The monoisotopic (exact) mass is 1640 g/mol. The predicted molar refractivity (Wildman–Crippen MR) is 401 cm³/mol. The van der Waals surface area contributed by atoms with Gasteiger partial charge < -0.3 is 164 Å². The summed E-state index contributed by atoms with van der Waals surface area (Å²) in [6.45, 7) is 4.58. The number of carbonyl (C=O) groups is 2. The third-order valence-corrected chi connectivity index (χ3v) is 22.2. The van der Waals surface area contributed by atoms with Crippen LogP contribution in [-0.2, 0) is 75.9 Å². The third kappa shape index (κ3) is 31.6. The van der Waals surface area contributed by atoms with Crippen molar-refractivity contribution in [2.24, 2.45) is 0 Å². The van der Waals surface area contributed by atoms with Crippen LogP contribution in [0.5, 0.6) is 0 Å². The number of hydrogen-bond donors (Lipinski definition) is 19. The third-order valence-electron chi connectivity index (χ3n) is 22.2. The topological polar surface area (TPSA) is 531 Å². The van der Waals surface area contributed by atoms with E-state index in [-0.39, 0.29) is 12.5 Å². The zero-order valence-electron chi connectivity index (χ0n) is 67.0. The number of unbranched alkanes of at least 4 members (excludes halogenated alkanes) is 26. The van der Waals surface area contributed by atoms with Crippen molar-refractivity contribution < 1.29 is 163 Å². The molecule has 6 heterocycles. The molecule has 113 heavy (non-hydrogen) atoms. The lowest BCUT2D eigenvalue weighted by atomic mass is 9.94. The normalized spacial score (nSPS) is 36.7. The summed E-state index contributed by atoms with van der Waals surface area (Å²) in [7, 11) is 0. The average molecular weight is 1640 g/mol. The van der Waals surface area contributed by atoms with Crippen LogP contribution in [0.3, 0.4) is 0 Å². The van der Waals surface area contributed by atoms with Crippen LogP contribution in [0.2, 0.25) is 0 Å². The Morgan fingerprint density at radius 1 is 0.336 bits per heavy atom. The molecular weight excluding hydrogens is 1490 g/mol. The Bertz CT molecular complexity index is 2480. The minimum absolute atomic E-state index is 0.0339. The van der Waals surface area contributed by atoms with E-state index in [9.17, 15) is 96.4 Å². The predicted octanol–water partition coefficient (Wildman–Crippen LogP) is -0.254. The van der Waals surface area contributed by atoms with Gasteiger partial charge in [0, 0.05) is 39.9 Å². The second-order valence-corrected chi connectivity index (χ2v) is 31.3. The molecule has 0 aromatic rings. The fourth-order valence-corrected chi connectivity index (χ4v) is 15.2. The van der Waals surface area contributed by atoms with Crippen molar-refractivity contribution in [1.29, 1.82) is 0 Å². The smallest absolute Gasteiger partial charge is 0.249 e. The molecule has 0 bridgehead atoms. The number of amides is 2. The zero-order chi connectivity index (χ0) is 82.4. The quantitative estimate of drug-likeness (QED) is 0.0349. The first-order valence-electron chi connectivity index (χ1n) is 42.3. The summed E-state index contributed by atoms with van der Waals surface area (Å²) in [5.41, 5.74) is 0. The summed E-state index contributed by atoms with van der Waals surface area (Å²) >= 11 is 0. The minimum atomic E-state index is -2.23. The molecule has 19 N–H and O–H groups in total. The molecule has 0 saturated carbocycles. The molecule has 6 rings (SSSR count). The van der Waals surface area contributed by atoms with Crippen LogP contribution < -0.4 is 10.6 Å². The first kappa shape index (κ1) is 99.5. The Balaban J connectivity index is 0.977. The molecular formula is C78H144N2O33. The van der Waals surface area contributed by atoms with E-state index >= 15 is 0 Å². The van der Waals surface area contributed by atoms with Crippen LogP contribution in [0.1, 0.15) is 227 Å². The van der Waals surface area contributed by atoms with E-state index < -0.39 is 229 Å². The number of aliphatic hydroxyl groups is 17. The van der Waals surface area contributed by atoms with Gasteiger partial charge in [-0.25, -0.2) is 0 Å². The van der Waals surface area contributed by atoms with Gasteiger partial charge in [0.25, 0.3) is 0 Å². The molecule has 0 aromatic heterocycles. The molecule has 6 aliphatic heterocycles. The van der Waals surface area contributed by atoms with Gasteiger partial charge in [0.15, 0.2) is 37.7 Å². The summed E-state index contributed by atoms with van der Waals surface area (Å²) in [6, 6.07) is -1.80. The Labute approximate surface area is 665 Å². The van der Waals surface area contributed by atoms with Crippen molar-refractivity contribution in [3.63, 3.8) is 0 Å². The summed E-state index contributed by atoms with van der Waals surface area (Å²) in [4.78, 5) is 26.6. The zero-order valence-corrected chi connectivity index (χ0v) is 67.0. The van der Waals surface area contributed by atoms with Crippen molar-refractivity contribution in [1.82, 2.24) is 10.6 Å². The van der Waals surface area contributed by atoms with E-state index in [1.807, 2.05) is 0 Å². The molecule has 0 aliphatic carbocycles. The Hall–Kier alpha value is -2.30. The van der Waals surface area contributed by atoms with Gasteiger partial charge in [-0.1, -0.05) is 168 Å². The van der Waals surface area contributed by atoms with E-state index in [1.165, 1.54) is 110 Å². The lowest BCUT2D eigenvalue weighted by molar-refractivity contribution is -0.393. The van der Waals surface area contributed by atoms with Crippen LogP contribution in [0.4, 0.5) is 0 Å². The highest BCUT2D eigenvalue weighted by molar-refractivity contribution is 5.80.